The number of nitrogens with zero attached hydrogens (tertiary/aromatic N) is 3. The van der Waals surface area contributed by atoms with E-state index in [4.69, 9.17) is 0 Å². The Morgan fingerprint density at radius 2 is 2.08 bits per heavy atom. The molecule has 5 nitrogen and oxygen atoms in total. The molecule has 0 N–H and O–H groups in total. The van der Waals surface area contributed by atoms with Gasteiger partial charge in [0.05, 0.1) is 5.56 Å². The van der Waals surface area contributed by atoms with Crippen LogP contribution < -0.4 is 4.90 Å². The van der Waals surface area contributed by atoms with Crippen LogP contribution in [0.15, 0.2) is 48.8 Å². The molecule has 2 aliphatic heterocycles. The van der Waals surface area contributed by atoms with E-state index in [1.54, 1.807) is 24.5 Å². The Bertz CT molecular complexity index is 821. The number of amides is 2. The molecule has 0 aliphatic carbocycles. The molecule has 2 aromatic rings. The first-order valence-corrected chi connectivity index (χ1v) is 8.63. The Morgan fingerprint density at radius 3 is 2.84 bits per heavy atom. The molecule has 5 heteroatoms. The molecule has 2 fully saturated rings. The summed E-state index contributed by atoms with van der Waals surface area (Å²) in [6.45, 7) is 4.05. The first-order chi connectivity index (χ1) is 12.1. The lowest BCUT2D eigenvalue weighted by molar-refractivity contribution is -0.117. The van der Waals surface area contributed by atoms with Gasteiger partial charge in [0.15, 0.2) is 0 Å². The summed E-state index contributed by atoms with van der Waals surface area (Å²) in [7, 11) is 0. The van der Waals surface area contributed by atoms with Gasteiger partial charge in [-0.3, -0.25) is 14.6 Å². The van der Waals surface area contributed by atoms with Crippen molar-refractivity contribution in [2.75, 3.05) is 24.5 Å². The van der Waals surface area contributed by atoms with Crippen LogP contribution in [0.5, 0.6) is 0 Å². The minimum Gasteiger partial charge on any atom is -0.338 e. The lowest BCUT2D eigenvalue weighted by Crippen LogP contribution is -2.34. The summed E-state index contributed by atoms with van der Waals surface area (Å²) >= 11 is 0. The SMILES string of the molecule is Cc1cccc(N2C[C@@]3(CCN(C(=O)c4cccnc4)C3)CC2=O)c1. The fourth-order valence-electron chi connectivity index (χ4n) is 3.98. The number of carbonyl (C=O) groups is 2. The van der Waals surface area contributed by atoms with Crippen LogP contribution in [0.25, 0.3) is 0 Å². The van der Waals surface area contributed by atoms with Crippen LogP contribution in [0.4, 0.5) is 5.69 Å². The summed E-state index contributed by atoms with van der Waals surface area (Å²) in [5.74, 6) is 0.160. The Labute approximate surface area is 147 Å². The maximum Gasteiger partial charge on any atom is 0.255 e. The fraction of sp³-hybridized carbons (Fsp3) is 0.350. The van der Waals surface area contributed by atoms with Gasteiger partial charge in [-0.1, -0.05) is 12.1 Å². The van der Waals surface area contributed by atoms with Crippen molar-refractivity contribution in [3.05, 3.63) is 59.9 Å². The van der Waals surface area contributed by atoms with E-state index in [1.165, 1.54) is 0 Å². The molecular formula is C20H21N3O2. The summed E-state index contributed by atoms with van der Waals surface area (Å²) in [6, 6.07) is 11.6. The van der Waals surface area contributed by atoms with E-state index in [0.29, 0.717) is 31.6 Å². The zero-order valence-corrected chi connectivity index (χ0v) is 14.3. The highest BCUT2D eigenvalue weighted by molar-refractivity contribution is 5.97. The molecule has 1 aromatic carbocycles. The second kappa shape index (κ2) is 5.99. The molecule has 0 radical (unpaired) electrons. The highest BCUT2D eigenvalue weighted by Crippen LogP contribution is 2.42. The van der Waals surface area contributed by atoms with Gasteiger partial charge in [-0.15, -0.1) is 0 Å². The van der Waals surface area contributed by atoms with Crippen LogP contribution in [0.2, 0.25) is 0 Å². The highest BCUT2D eigenvalue weighted by atomic mass is 16.2. The number of likely N-dealkylation sites (tertiary alicyclic amines) is 1. The number of aromatic nitrogens is 1. The molecule has 1 spiro atoms. The van der Waals surface area contributed by atoms with Gasteiger partial charge in [0, 0.05) is 49.6 Å². The summed E-state index contributed by atoms with van der Waals surface area (Å²) in [6.07, 6.45) is 4.65. The first kappa shape index (κ1) is 15.8. The topological polar surface area (TPSA) is 53.5 Å². The molecule has 128 valence electrons. The Hall–Kier alpha value is -2.69. The Balaban J connectivity index is 1.51. The van der Waals surface area contributed by atoms with Gasteiger partial charge >= 0.3 is 0 Å². The largest absolute Gasteiger partial charge is 0.338 e. The van der Waals surface area contributed by atoms with Gasteiger partial charge in [0.1, 0.15) is 0 Å². The minimum absolute atomic E-state index is 0.00595. The first-order valence-electron chi connectivity index (χ1n) is 8.63. The standard InChI is InChI=1S/C20H21N3O2/c1-15-4-2-6-17(10-15)23-14-20(11-18(23)24)7-9-22(13-20)19(25)16-5-3-8-21-12-16/h2-6,8,10,12H,7,9,11,13-14H2,1H3/t20-/m0/s1. The monoisotopic (exact) mass is 335 g/mol. The molecule has 2 amide bonds. The average molecular weight is 335 g/mol. The molecule has 2 aliphatic rings. The van der Waals surface area contributed by atoms with Crippen LogP contribution in [0.1, 0.15) is 28.8 Å². The number of hydrogen-bond acceptors (Lipinski definition) is 3. The second-order valence-electron chi connectivity index (χ2n) is 7.21. The number of rotatable bonds is 2. The molecule has 2 saturated heterocycles. The molecule has 3 heterocycles. The van der Waals surface area contributed by atoms with Crippen molar-refractivity contribution in [2.24, 2.45) is 5.41 Å². The van der Waals surface area contributed by atoms with Gasteiger partial charge in [-0.25, -0.2) is 0 Å². The second-order valence-corrected chi connectivity index (χ2v) is 7.21. The molecule has 4 rings (SSSR count). The van der Waals surface area contributed by atoms with E-state index in [0.717, 1.165) is 17.7 Å². The number of carbonyl (C=O) groups excluding carboxylic acids is 2. The molecule has 0 unspecified atom stereocenters. The number of benzene rings is 1. The van der Waals surface area contributed by atoms with Crippen molar-refractivity contribution in [1.29, 1.82) is 0 Å². The van der Waals surface area contributed by atoms with Crippen LogP contribution in [-0.2, 0) is 4.79 Å². The van der Waals surface area contributed by atoms with Gasteiger partial charge in [-0.05, 0) is 43.2 Å². The summed E-state index contributed by atoms with van der Waals surface area (Å²) < 4.78 is 0. The van der Waals surface area contributed by atoms with Crippen molar-refractivity contribution in [2.45, 2.75) is 19.8 Å². The maximum atomic E-state index is 12.7. The third kappa shape index (κ3) is 2.90. The molecule has 1 aromatic heterocycles. The smallest absolute Gasteiger partial charge is 0.255 e. The summed E-state index contributed by atoms with van der Waals surface area (Å²) in [5, 5.41) is 0. The van der Waals surface area contributed by atoms with Crippen LogP contribution >= 0.6 is 0 Å². The normalized spacial score (nSPS) is 22.8. The molecular weight excluding hydrogens is 314 g/mol. The zero-order chi connectivity index (χ0) is 17.4. The summed E-state index contributed by atoms with van der Waals surface area (Å²) in [5.41, 5.74) is 2.59. The quantitative estimate of drug-likeness (QED) is 0.848. The van der Waals surface area contributed by atoms with E-state index in [2.05, 4.69) is 4.98 Å². The third-order valence-corrected chi connectivity index (χ3v) is 5.27. The van der Waals surface area contributed by atoms with Crippen molar-refractivity contribution < 1.29 is 9.59 Å². The van der Waals surface area contributed by atoms with Crippen molar-refractivity contribution in [3.8, 4) is 0 Å². The van der Waals surface area contributed by atoms with E-state index in [1.807, 2.05) is 41.0 Å². The summed E-state index contributed by atoms with van der Waals surface area (Å²) in [4.78, 5) is 33.0. The highest BCUT2D eigenvalue weighted by Gasteiger charge is 2.48. The van der Waals surface area contributed by atoms with E-state index in [9.17, 15) is 9.59 Å². The lowest BCUT2D eigenvalue weighted by atomic mass is 9.86. The van der Waals surface area contributed by atoms with Gasteiger partial charge in [0.25, 0.3) is 5.91 Å². The van der Waals surface area contributed by atoms with Crippen molar-refractivity contribution in [3.63, 3.8) is 0 Å². The van der Waals surface area contributed by atoms with Crippen LogP contribution in [0, 0.1) is 12.3 Å². The van der Waals surface area contributed by atoms with Gasteiger partial charge in [-0.2, -0.15) is 0 Å². The number of hydrogen-bond donors (Lipinski definition) is 0. The number of anilines is 1. The number of pyridine rings is 1. The fourth-order valence-corrected chi connectivity index (χ4v) is 3.98. The third-order valence-electron chi connectivity index (χ3n) is 5.27. The Morgan fingerprint density at radius 1 is 1.20 bits per heavy atom. The molecule has 0 bridgehead atoms. The van der Waals surface area contributed by atoms with Crippen molar-refractivity contribution in [1.82, 2.24) is 9.88 Å². The molecule has 25 heavy (non-hydrogen) atoms. The van der Waals surface area contributed by atoms with Crippen molar-refractivity contribution >= 4 is 17.5 Å². The zero-order valence-electron chi connectivity index (χ0n) is 14.3. The van der Waals surface area contributed by atoms with E-state index >= 15 is 0 Å². The minimum atomic E-state index is -0.126. The van der Waals surface area contributed by atoms with E-state index in [-0.39, 0.29) is 17.2 Å². The maximum absolute atomic E-state index is 12.7. The lowest BCUT2D eigenvalue weighted by Gasteiger charge is -2.24. The van der Waals surface area contributed by atoms with Crippen LogP contribution in [0.3, 0.4) is 0 Å². The predicted octanol–water partition coefficient (Wildman–Crippen LogP) is 2.66. The molecule has 0 saturated carbocycles. The van der Waals surface area contributed by atoms with Crippen LogP contribution in [-0.4, -0.2) is 41.3 Å². The van der Waals surface area contributed by atoms with Gasteiger partial charge in [0.2, 0.25) is 5.91 Å². The average Bonchev–Trinajstić information content (AvgIpc) is 3.18. The van der Waals surface area contributed by atoms with Gasteiger partial charge < -0.3 is 9.80 Å². The van der Waals surface area contributed by atoms with E-state index < -0.39 is 0 Å². The predicted molar refractivity (Wildman–Crippen MR) is 95.3 cm³/mol. The molecule has 1 atom stereocenters. The Kier molecular flexibility index (Phi) is 3.79. The number of aryl methyl sites for hydroxylation is 1.